The maximum absolute atomic E-state index is 13.3. The number of benzene rings is 2. The summed E-state index contributed by atoms with van der Waals surface area (Å²) in [7, 11) is 0. The molecule has 0 fully saturated rings. The number of ketones is 1. The molecule has 182 valence electrons. The van der Waals surface area contributed by atoms with Crippen LogP contribution >= 0.6 is 23.2 Å². The number of fused-ring (bicyclic) bond motifs is 1. The molecule has 0 unspecified atom stereocenters. The lowest BCUT2D eigenvalue weighted by molar-refractivity contribution is -0.692. The van der Waals surface area contributed by atoms with Gasteiger partial charge in [-0.1, -0.05) is 40.2 Å². The highest BCUT2D eigenvalue weighted by molar-refractivity contribution is 6.42. The van der Waals surface area contributed by atoms with Crippen molar-refractivity contribution in [3.05, 3.63) is 68.5 Å². The topological polar surface area (TPSA) is 75.2 Å². The van der Waals surface area contributed by atoms with E-state index in [1.807, 2.05) is 0 Å². The molecule has 0 amide bonds. The first-order valence-corrected chi connectivity index (χ1v) is 10.0. The molecule has 3 rings (SSSR count). The number of carbonyl (C=O) groups is 2. The third-order valence-electron chi connectivity index (χ3n) is 4.71. The smallest absolute Gasteiger partial charge is 0.434 e. The second kappa shape index (κ2) is 8.99. The summed E-state index contributed by atoms with van der Waals surface area (Å²) in [5, 5.41) is 12.1. The maximum atomic E-state index is 13.3. The van der Waals surface area contributed by atoms with Crippen LogP contribution in [0.5, 0.6) is 0 Å². The highest BCUT2D eigenvalue weighted by Crippen LogP contribution is 2.37. The van der Waals surface area contributed by atoms with Crippen molar-refractivity contribution >= 4 is 45.9 Å². The summed E-state index contributed by atoms with van der Waals surface area (Å²) in [5.74, 6) is -3.34. The van der Waals surface area contributed by atoms with Crippen molar-refractivity contribution < 1.29 is 45.5 Å². The Hall–Kier alpha value is -2.99. The first-order valence-electron chi connectivity index (χ1n) is 9.27. The number of rotatable bonds is 5. The van der Waals surface area contributed by atoms with Gasteiger partial charge in [-0.2, -0.15) is 26.3 Å². The fourth-order valence-electron chi connectivity index (χ4n) is 3.25. The standard InChI is InChI=1S/C20H12Cl2F6N2O4/c1-2-29-14-6-4-3-5-9(14)15(30(29)33)16(31)10-7-12(21)13(22)8-11(10)17(32)34-18(19(23,24)25)20(26,27)28/h3-8,18H,2H2,1H3. The lowest BCUT2D eigenvalue weighted by Gasteiger charge is -2.23. The van der Waals surface area contributed by atoms with E-state index in [9.17, 15) is 41.1 Å². The molecule has 1 aromatic heterocycles. The van der Waals surface area contributed by atoms with Crippen LogP contribution in [-0.4, -0.2) is 34.9 Å². The summed E-state index contributed by atoms with van der Waals surface area (Å²) in [6.45, 7) is 1.72. The van der Waals surface area contributed by atoms with Gasteiger partial charge in [0.1, 0.15) is 5.52 Å². The molecule has 0 spiro atoms. The second-order valence-corrected chi connectivity index (χ2v) is 7.68. The molecular formula is C20H12Cl2F6N2O4. The van der Waals surface area contributed by atoms with E-state index in [1.165, 1.54) is 18.2 Å². The predicted octanol–water partition coefficient (Wildman–Crippen LogP) is 5.48. The molecule has 1 heterocycles. The van der Waals surface area contributed by atoms with Crippen LogP contribution in [0.1, 0.15) is 33.3 Å². The highest BCUT2D eigenvalue weighted by Gasteiger charge is 2.60. The Morgan fingerprint density at radius 3 is 2.09 bits per heavy atom. The zero-order chi connectivity index (χ0) is 25.6. The van der Waals surface area contributed by atoms with Crippen molar-refractivity contribution in [2.45, 2.75) is 31.9 Å². The van der Waals surface area contributed by atoms with Gasteiger partial charge in [0.2, 0.25) is 0 Å². The minimum absolute atomic E-state index is 0.117. The average Bonchev–Trinajstić information content (AvgIpc) is 3.02. The Kier molecular flexibility index (Phi) is 6.78. The Labute approximate surface area is 196 Å². The minimum Gasteiger partial charge on any atom is -0.595 e. The zero-order valence-electron chi connectivity index (χ0n) is 16.8. The summed E-state index contributed by atoms with van der Waals surface area (Å²) in [4.78, 5) is 25.9. The van der Waals surface area contributed by atoms with Crippen molar-refractivity contribution in [1.82, 2.24) is 4.68 Å². The molecule has 0 N–H and O–H groups in total. The van der Waals surface area contributed by atoms with Crippen molar-refractivity contribution in [2.75, 3.05) is 0 Å². The summed E-state index contributed by atoms with van der Waals surface area (Å²) in [6, 6.07) is 7.36. The fraction of sp³-hybridized carbons (Fsp3) is 0.250. The van der Waals surface area contributed by atoms with Gasteiger partial charge < -0.3 is 9.94 Å². The molecule has 0 aliphatic carbocycles. The summed E-state index contributed by atoms with van der Waals surface area (Å²) < 4.78 is 82.1. The molecule has 0 aliphatic heterocycles. The molecule has 6 nitrogen and oxygen atoms in total. The van der Waals surface area contributed by atoms with Gasteiger partial charge in [0, 0.05) is 5.56 Å². The van der Waals surface area contributed by atoms with E-state index >= 15 is 0 Å². The number of carbonyl (C=O) groups excluding carboxylic acids is 2. The van der Waals surface area contributed by atoms with Crippen molar-refractivity contribution in [3.63, 3.8) is 0 Å². The van der Waals surface area contributed by atoms with Gasteiger partial charge in [-0.25, -0.2) is 4.79 Å². The molecule has 14 heteroatoms. The molecular weight excluding hydrogens is 517 g/mol. The Balaban J connectivity index is 2.18. The molecule has 0 radical (unpaired) electrons. The summed E-state index contributed by atoms with van der Waals surface area (Å²) in [6.07, 6.45) is -16.4. The van der Waals surface area contributed by atoms with Gasteiger partial charge >= 0.3 is 18.3 Å². The molecule has 0 bridgehead atoms. The maximum Gasteiger partial charge on any atom is 0.434 e. The van der Waals surface area contributed by atoms with E-state index in [0.29, 0.717) is 11.6 Å². The molecule has 3 aromatic rings. The first-order chi connectivity index (χ1) is 15.7. The van der Waals surface area contributed by atoms with E-state index in [4.69, 9.17) is 23.2 Å². The van der Waals surface area contributed by atoms with Crippen molar-refractivity contribution in [1.29, 1.82) is 0 Å². The zero-order valence-corrected chi connectivity index (χ0v) is 18.3. The van der Waals surface area contributed by atoms with E-state index < -0.39 is 52.1 Å². The first kappa shape index (κ1) is 25.6. The Morgan fingerprint density at radius 1 is 1.03 bits per heavy atom. The van der Waals surface area contributed by atoms with Crippen LogP contribution < -0.4 is 4.85 Å². The fourth-order valence-corrected chi connectivity index (χ4v) is 3.58. The van der Waals surface area contributed by atoms with Crippen LogP contribution in [0, 0.1) is 5.21 Å². The van der Waals surface area contributed by atoms with Crippen LogP contribution in [0.2, 0.25) is 10.0 Å². The lowest BCUT2D eigenvalue weighted by Crippen LogP contribution is -2.45. The van der Waals surface area contributed by atoms with Crippen molar-refractivity contribution in [3.8, 4) is 0 Å². The molecule has 0 atom stereocenters. The predicted molar refractivity (Wildman–Crippen MR) is 108 cm³/mol. The molecule has 0 saturated heterocycles. The number of hydrogen-bond donors (Lipinski definition) is 0. The van der Waals surface area contributed by atoms with Crippen molar-refractivity contribution in [2.24, 2.45) is 0 Å². The summed E-state index contributed by atoms with van der Waals surface area (Å²) >= 11 is 11.7. The van der Waals surface area contributed by atoms with Gasteiger partial charge in [0.05, 0.1) is 27.5 Å². The van der Waals surface area contributed by atoms with E-state index in [1.54, 1.807) is 13.0 Å². The number of hydrogen-bond acceptors (Lipinski definition) is 4. The molecule has 0 saturated carbocycles. The largest absolute Gasteiger partial charge is 0.595 e. The van der Waals surface area contributed by atoms with Crippen LogP contribution in [0.15, 0.2) is 36.4 Å². The van der Waals surface area contributed by atoms with Gasteiger partial charge in [0.15, 0.2) is 0 Å². The summed E-state index contributed by atoms with van der Waals surface area (Å²) in [5.41, 5.74) is -2.02. The second-order valence-electron chi connectivity index (χ2n) is 6.86. The van der Waals surface area contributed by atoms with Crippen LogP contribution in [0.3, 0.4) is 0 Å². The van der Waals surface area contributed by atoms with Crippen LogP contribution in [-0.2, 0) is 11.3 Å². The van der Waals surface area contributed by atoms with E-state index in [2.05, 4.69) is 4.74 Å². The molecule has 2 aromatic carbocycles. The third kappa shape index (κ3) is 4.64. The normalized spacial score (nSPS) is 12.4. The number of aryl methyl sites for hydroxylation is 1. The average molecular weight is 529 g/mol. The van der Waals surface area contributed by atoms with Gasteiger partial charge in [0.25, 0.3) is 17.6 Å². The molecule has 0 aliphatic rings. The van der Waals surface area contributed by atoms with Crippen LogP contribution in [0.4, 0.5) is 26.3 Å². The monoisotopic (exact) mass is 528 g/mol. The van der Waals surface area contributed by atoms with Gasteiger partial charge in [-0.15, -0.1) is 4.68 Å². The van der Waals surface area contributed by atoms with E-state index in [-0.39, 0.29) is 21.8 Å². The highest BCUT2D eigenvalue weighted by atomic mass is 35.5. The Bertz CT molecular complexity index is 1270. The van der Waals surface area contributed by atoms with Crippen LogP contribution in [0.25, 0.3) is 10.9 Å². The van der Waals surface area contributed by atoms with Gasteiger partial charge in [-0.3, -0.25) is 4.79 Å². The Morgan fingerprint density at radius 2 is 1.56 bits per heavy atom. The minimum atomic E-state index is -5.99. The SMILES string of the molecule is CCn1c2ccccc2c(C(=O)c2cc(Cl)c(Cl)cc2C(=O)OC(C(F)(F)F)C(F)(F)F)[n+]1[O-]. The number of ether oxygens (including phenoxy) is 1. The van der Waals surface area contributed by atoms with Gasteiger partial charge in [-0.05, 0) is 31.2 Å². The number of nitrogens with zero attached hydrogens (tertiary/aromatic N) is 2. The number of esters is 1. The molecule has 34 heavy (non-hydrogen) atoms. The quantitative estimate of drug-likeness (QED) is 0.144. The van der Waals surface area contributed by atoms with E-state index in [0.717, 1.165) is 10.7 Å². The number of para-hydroxylation sites is 1. The number of halogens is 8. The third-order valence-corrected chi connectivity index (χ3v) is 5.43. The number of aromatic nitrogens is 2. The number of alkyl halides is 6. The lowest BCUT2D eigenvalue weighted by atomic mass is 9.99.